The highest BCUT2D eigenvalue weighted by molar-refractivity contribution is 5.29. The van der Waals surface area contributed by atoms with E-state index in [1.54, 1.807) is 7.11 Å². The molecule has 1 aliphatic heterocycles. The number of β-amino-alcohol motifs (C(OH)–C–C–N with tert-alkyl or cyclic N) is 1. The Morgan fingerprint density at radius 1 is 1.39 bits per heavy atom. The van der Waals surface area contributed by atoms with E-state index in [4.69, 9.17) is 4.74 Å². The Kier molecular flexibility index (Phi) is 4.61. The van der Waals surface area contributed by atoms with Crippen molar-refractivity contribution in [2.75, 3.05) is 26.7 Å². The van der Waals surface area contributed by atoms with Gasteiger partial charge in [0.05, 0.1) is 13.2 Å². The molecule has 100 valence electrons. The molecular weight excluding hydrogens is 226 g/mol. The summed E-state index contributed by atoms with van der Waals surface area (Å²) in [4.78, 5) is 2.36. The molecule has 1 aliphatic rings. The predicted octanol–water partition coefficient (Wildman–Crippen LogP) is 2.26. The summed E-state index contributed by atoms with van der Waals surface area (Å²) in [6.45, 7) is 5.18. The SMILES string of the molecule is COc1ccc(C(C)CN2CCCC(O)C2)cc1. The molecule has 3 nitrogen and oxygen atoms in total. The lowest BCUT2D eigenvalue weighted by atomic mass is 9.99. The summed E-state index contributed by atoms with van der Waals surface area (Å²) in [6, 6.07) is 8.28. The van der Waals surface area contributed by atoms with Gasteiger partial charge in [-0.15, -0.1) is 0 Å². The molecule has 0 aliphatic carbocycles. The van der Waals surface area contributed by atoms with Crippen molar-refractivity contribution in [1.82, 2.24) is 4.90 Å². The first-order valence-electron chi connectivity index (χ1n) is 6.73. The Labute approximate surface area is 109 Å². The van der Waals surface area contributed by atoms with Crippen molar-refractivity contribution in [3.05, 3.63) is 29.8 Å². The Balaban J connectivity index is 1.91. The molecule has 2 rings (SSSR count). The number of rotatable bonds is 4. The smallest absolute Gasteiger partial charge is 0.118 e. The molecule has 18 heavy (non-hydrogen) atoms. The van der Waals surface area contributed by atoms with Crippen LogP contribution in [-0.2, 0) is 0 Å². The Morgan fingerprint density at radius 3 is 2.72 bits per heavy atom. The first-order chi connectivity index (χ1) is 8.69. The van der Waals surface area contributed by atoms with Gasteiger partial charge in [0.1, 0.15) is 5.75 Å². The van der Waals surface area contributed by atoms with Crippen molar-refractivity contribution in [2.45, 2.75) is 31.8 Å². The summed E-state index contributed by atoms with van der Waals surface area (Å²) in [5.41, 5.74) is 1.33. The van der Waals surface area contributed by atoms with Gasteiger partial charge < -0.3 is 14.7 Å². The van der Waals surface area contributed by atoms with Gasteiger partial charge in [-0.3, -0.25) is 0 Å². The molecule has 0 radical (unpaired) electrons. The van der Waals surface area contributed by atoms with Gasteiger partial charge in [-0.1, -0.05) is 19.1 Å². The van der Waals surface area contributed by atoms with Crippen LogP contribution in [0.5, 0.6) is 5.75 Å². The van der Waals surface area contributed by atoms with Crippen LogP contribution < -0.4 is 4.74 Å². The molecule has 1 aromatic rings. The number of hydrogen-bond acceptors (Lipinski definition) is 3. The van der Waals surface area contributed by atoms with Crippen molar-refractivity contribution in [3.8, 4) is 5.75 Å². The first kappa shape index (κ1) is 13.4. The highest BCUT2D eigenvalue weighted by Crippen LogP contribution is 2.21. The van der Waals surface area contributed by atoms with Crippen molar-refractivity contribution in [2.24, 2.45) is 0 Å². The summed E-state index contributed by atoms with van der Waals surface area (Å²) >= 11 is 0. The summed E-state index contributed by atoms with van der Waals surface area (Å²) in [6.07, 6.45) is 1.92. The highest BCUT2D eigenvalue weighted by atomic mass is 16.5. The molecule has 0 aromatic heterocycles. The Bertz CT molecular complexity index is 363. The largest absolute Gasteiger partial charge is 0.497 e. The van der Waals surface area contributed by atoms with Gasteiger partial charge in [-0.2, -0.15) is 0 Å². The molecule has 2 atom stereocenters. The van der Waals surface area contributed by atoms with Crippen LogP contribution in [0.4, 0.5) is 0 Å². The van der Waals surface area contributed by atoms with Gasteiger partial charge in [0.2, 0.25) is 0 Å². The molecule has 2 unspecified atom stereocenters. The standard InChI is InChI=1S/C15H23NO2/c1-12(10-16-9-3-4-14(17)11-16)13-5-7-15(18-2)8-6-13/h5-8,12,14,17H,3-4,9-11H2,1-2H3. The summed E-state index contributed by atoms with van der Waals surface area (Å²) in [7, 11) is 1.69. The van der Waals surface area contributed by atoms with Gasteiger partial charge in [0.25, 0.3) is 0 Å². The van der Waals surface area contributed by atoms with E-state index in [-0.39, 0.29) is 6.10 Å². The normalized spacial score (nSPS) is 22.7. The van der Waals surface area contributed by atoms with Crippen molar-refractivity contribution in [1.29, 1.82) is 0 Å². The number of benzene rings is 1. The topological polar surface area (TPSA) is 32.7 Å². The number of ether oxygens (including phenoxy) is 1. The van der Waals surface area contributed by atoms with Crippen molar-refractivity contribution >= 4 is 0 Å². The minimum Gasteiger partial charge on any atom is -0.497 e. The lowest BCUT2D eigenvalue weighted by molar-refractivity contribution is 0.0682. The van der Waals surface area contributed by atoms with E-state index in [1.807, 2.05) is 12.1 Å². The fourth-order valence-corrected chi connectivity index (χ4v) is 2.62. The summed E-state index contributed by atoms with van der Waals surface area (Å²) in [5.74, 6) is 1.39. The molecule has 0 saturated carbocycles. The minimum absolute atomic E-state index is 0.137. The lowest BCUT2D eigenvalue weighted by Crippen LogP contribution is -2.40. The third-order valence-corrected chi connectivity index (χ3v) is 3.70. The van der Waals surface area contributed by atoms with Crippen LogP contribution in [0, 0.1) is 0 Å². The van der Waals surface area contributed by atoms with E-state index in [0.717, 1.165) is 38.2 Å². The van der Waals surface area contributed by atoms with E-state index < -0.39 is 0 Å². The van der Waals surface area contributed by atoms with Crippen LogP contribution in [0.2, 0.25) is 0 Å². The number of aliphatic hydroxyl groups excluding tert-OH is 1. The molecule has 1 fully saturated rings. The number of hydrogen-bond donors (Lipinski definition) is 1. The summed E-state index contributed by atoms with van der Waals surface area (Å²) < 4.78 is 5.17. The zero-order valence-electron chi connectivity index (χ0n) is 11.3. The van der Waals surface area contributed by atoms with Crippen LogP contribution in [-0.4, -0.2) is 42.9 Å². The second kappa shape index (κ2) is 6.21. The molecular formula is C15H23NO2. The zero-order chi connectivity index (χ0) is 13.0. The maximum Gasteiger partial charge on any atom is 0.118 e. The molecule has 1 aromatic carbocycles. The monoisotopic (exact) mass is 249 g/mol. The second-order valence-electron chi connectivity index (χ2n) is 5.23. The van der Waals surface area contributed by atoms with Gasteiger partial charge in [-0.05, 0) is 43.0 Å². The van der Waals surface area contributed by atoms with Crippen LogP contribution in [0.1, 0.15) is 31.2 Å². The number of aliphatic hydroxyl groups is 1. The zero-order valence-corrected chi connectivity index (χ0v) is 11.3. The maximum absolute atomic E-state index is 9.67. The van der Waals surface area contributed by atoms with Gasteiger partial charge >= 0.3 is 0 Å². The molecule has 0 bridgehead atoms. The van der Waals surface area contributed by atoms with Crippen LogP contribution in [0.15, 0.2) is 24.3 Å². The quantitative estimate of drug-likeness (QED) is 0.888. The second-order valence-corrected chi connectivity index (χ2v) is 5.23. The molecule has 3 heteroatoms. The molecule has 1 heterocycles. The maximum atomic E-state index is 9.67. The third-order valence-electron chi connectivity index (χ3n) is 3.70. The lowest BCUT2D eigenvalue weighted by Gasteiger charge is -2.32. The van der Waals surface area contributed by atoms with Crippen LogP contribution in [0.25, 0.3) is 0 Å². The van der Waals surface area contributed by atoms with E-state index >= 15 is 0 Å². The van der Waals surface area contributed by atoms with Gasteiger partial charge in [0, 0.05) is 13.1 Å². The number of likely N-dealkylation sites (tertiary alicyclic amines) is 1. The molecule has 0 spiro atoms. The first-order valence-corrected chi connectivity index (χ1v) is 6.73. The predicted molar refractivity (Wildman–Crippen MR) is 73.1 cm³/mol. The van der Waals surface area contributed by atoms with Crippen molar-refractivity contribution in [3.63, 3.8) is 0 Å². The van der Waals surface area contributed by atoms with Crippen LogP contribution in [0.3, 0.4) is 0 Å². The van der Waals surface area contributed by atoms with Crippen LogP contribution >= 0.6 is 0 Å². The number of nitrogens with zero attached hydrogens (tertiary/aromatic N) is 1. The Morgan fingerprint density at radius 2 is 2.11 bits per heavy atom. The van der Waals surface area contributed by atoms with Crippen molar-refractivity contribution < 1.29 is 9.84 Å². The average molecular weight is 249 g/mol. The fraction of sp³-hybridized carbons (Fsp3) is 0.600. The Hall–Kier alpha value is -1.06. The fourth-order valence-electron chi connectivity index (χ4n) is 2.62. The summed E-state index contributed by atoms with van der Waals surface area (Å²) in [5, 5.41) is 9.67. The highest BCUT2D eigenvalue weighted by Gasteiger charge is 2.19. The molecule has 1 saturated heterocycles. The minimum atomic E-state index is -0.137. The van der Waals surface area contributed by atoms with E-state index in [1.165, 1.54) is 5.56 Å². The average Bonchev–Trinajstić information content (AvgIpc) is 2.39. The molecule has 1 N–H and O–H groups in total. The third kappa shape index (κ3) is 3.47. The molecule has 0 amide bonds. The van der Waals surface area contributed by atoms with Gasteiger partial charge in [-0.25, -0.2) is 0 Å². The van der Waals surface area contributed by atoms with E-state index in [2.05, 4.69) is 24.0 Å². The number of methoxy groups -OCH3 is 1. The van der Waals surface area contributed by atoms with E-state index in [9.17, 15) is 5.11 Å². The van der Waals surface area contributed by atoms with E-state index in [0.29, 0.717) is 5.92 Å². The van der Waals surface area contributed by atoms with Gasteiger partial charge in [0.15, 0.2) is 0 Å². The number of piperidine rings is 1.